The largest absolute Gasteiger partial charge is 0.395 e. The van der Waals surface area contributed by atoms with Crippen molar-refractivity contribution in [3.63, 3.8) is 0 Å². The van der Waals surface area contributed by atoms with Gasteiger partial charge in [-0.3, -0.25) is 4.90 Å². The van der Waals surface area contributed by atoms with E-state index in [9.17, 15) is 0 Å². The highest BCUT2D eigenvalue weighted by Crippen LogP contribution is 2.13. The minimum atomic E-state index is 0.225. The van der Waals surface area contributed by atoms with Crippen LogP contribution in [0.1, 0.15) is 18.4 Å². The van der Waals surface area contributed by atoms with Crippen LogP contribution in [0.25, 0.3) is 0 Å². The summed E-state index contributed by atoms with van der Waals surface area (Å²) in [7, 11) is 0. The lowest BCUT2D eigenvalue weighted by Crippen LogP contribution is -2.38. The molecule has 0 radical (unpaired) electrons. The highest BCUT2D eigenvalue weighted by Gasteiger charge is 2.17. The first-order valence-electron chi connectivity index (χ1n) is 6.59. The van der Waals surface area contributed by atoms with Gasteiger partial charge in [-0.15, -0.1) is 0 Å². The van der Waals surface area contributed by atoms with Crippen LogP contribution < -0.4 is 5.32 Å². The summed E-state index contributed by atoms with van der Waals surface area (Å²) in [4.78, 5) is 2.33. The van der Waals surface area contributed by atoms with Crippen LogP contribution in [0.2, 0.25) is 0 Å². The minimum Gasteiger partial charge on any atom is -0.395 e. The Balaban J connectivity index is 1.90. The molecule has 1 heterocycles. The number of rotatable bonds is 6. The molecule has 1 saturated heterocycles. The van der Waals surface area contributed by atoms with E-state index in [1.165, 1.54) is 18.4 Å². The van der Waals surface area contributed by atoms with E-state index in [0.717, 1.165) is 30.7 Å². The van der Waals surface area contributed by atoms with Gasteiger partial charge in [-0.05, 0) is 37.1 Å². The van der Waals surface area contributed by atoms with Crippen LogP contribution in [-0.2, 0) is 6.54 Å². The molecule has 1 aliphatic rings. The smallest absolute Gasteiger partial charge is 0.0558 e. The Bertz CT molecular complexity index is 349. The van der Waals surface area contributed by atoms with Gasteiger partial charge < -0.3 is 10.4 Å². The van der Waals surface area contributed by atoms with Crippen LogP contribution in [-0.4, -0.2) is 42.3 Å². The third kappa shape index (κ3) is 4.35. The first-order chi connectivity index (χ1) is 8.78. The maximum absolute atomic E-state index is 9.16. The molecule has 2 N–H and O–H groups in total. The third-order valence-corrected chi connectivity index (χ3v) is 3.91. The van der Waals surface area contributed by atoms with Gasteiger partial charge in [0, 0.05) is 30.1 Å². The fourth-order valence-corrected chi connectivity index (χ4v) is 2.71. The van der Waals surface area contributed by atoms with E-state index in [4.69, 9.17) is 5.11 Å². The number of nitrogens with one attached hydrogen (secondary N) is 1. The van der Waals surface area contributed by atoms with Crippen molar-refractivity contribution in [3.8, 4) is 0 Å². The standard InChI is InChI=1S/C14H21BrN2O/c15-13-5-3-12(4-6-13)10-17(8-9-18)11-14-2-1-7-16-14/h3-6,14,16,18H,1-2,7-11H2. The van der Waals surface area contributed by atoms with Crippen LogP contribution in [0.3, 0.4) is 0 Å². The molecule has 0 amide bonds. The maximum atomic E-state index is 9.16. The van der Waals surface area contributed by atoms with Gasteiger partial charge in [0.1, 0.15) is 0 Å². The van der Waals surface area contributed by atoms with E-state index in [1.807, 2.05) is 0 Å². The molecule has 2 rings (SSSR count). The molecule has 0 bridgehead atoms. The topological polar surface area (TPSA) is 35.5 Å². The Morgan fingerprint density at radius 2 is 2.11 bits per heavy atom. The average Bonchev–Trinajstić information content (AvgIpc) is 2.85. The normalized spacial score (nSPS) is 19.6. The molecular weight excluding hydrogens is 292 g/mol. The number of aliphatic hydroxyl groups is 1. The van der Waals surface area contributed by atoms with E-state index in [0.29, 0.717) is 6.04 Å². The summed E-state index contributed by atoms with van der Waals surface area (Å²) < 4.78 is 1.11. The summed E-state index contributed by atoms with van der Waals surface area (Å²) in [5, 5.41) is 12.7. The molecule has 0 spiro atoms. The van der Waals surface area contributed by atoms with Gasteiger partial charge in [0.15, 0.2) is 0 Å². The summed E-state index contributed by atoms with van der Waals surface area (Å²) in [5.74, 6) is 0. The monoisotopic (exact) mass is 312 g/mol. The quantitative estimate of drug-likeness (QED) is 0.843. The van der Waals surface area contributed by atoms with Gasteiger partial charge in [-0.1, -0.05) is 28.1 Å². The first kappa shape index (κ1) is 14.0. The number of hydrogen-bond acceptors (Lipinski definition) is 3. The fraction of sp³-hybridized carbons (Fsp3) is 0.571. The summed E-state index contributed by atoms with van der Waals surface area (Å²) >= 11 is 3.45. The molecule has 1 aromatic rings. The molecule has 0 saturated carbocycles. The Labute approximate surface area is 117 Å². The Hall–Kier alpha value is -0.420. The van der Waals surface area contributed by atoms with Crippen molar-refractivity contribution in [1.82, 2.24) is 10.2 Å². The van der Waals surface area contributed by atoms with Crippen LogP contribution in [0.4, 0.5) is 0 Å². The molecule has 1 fully saturated rings. The molecule has 1 unspecified atom stereocenters. The average molecular weight is 313 g/mol. The zero-order valence-electron chi connectivity index (χ0n) is 10.6. The maximum Gasteiger partial charge on any atom is 0.0558 e. The number of aliphatic hydroxyl groups excluding tert-OH is 1. The van der Waals surface area contributed by atoms with Gasteiger partial charge in [-0.2, -0.15) is 0 Å². The second-order valence-electron chi connectivity index (χ2n) is 4.88. The van der Waals surface area contributed by atoms with Crippen molar-refractivity contribution < 1.29 is 5.11 Å². The molecule has 4 heteroatoms. The van der Waals surface area contributed by atoms with Crippen molar-refractivity contribution in [2.45, 2.75) is 25.4 Å². The van der Waals surface area contributed by atoms with E-state index in [2.05, 4.69) is 50.4 Å². The second kappa shape index (κ2) is 7.24. The van der Waals surface area contributed by atoms with Gasteiger partial charge in [0.25, 0.3) is 0 Å². The van der Waals surface area contributed by atoms with Crippen molar-refractivity contribution in [1.29, 1.82) is 0 Å². The first-order valence-corrected chi connectivity index (χ1v) is 7.38. The molecule has 1 aliphatic heterocycles. The lowest BCUT2D eigenvalue weighted by molar-refractivity contribution is 0.179. The van der Waals surface area contributed by atoms with Gasteiger partial charge in [-0.25, -0.2) is 0 Å². The van der Waals surface area contributed by atoms with Crippen LogP contribution in [0, 0.1) is 0 Å². The number of benzene rings is 1. The molecule has 1 aromatic carbocycles. The number of nitrogens with zero attached hydrogens (tertiary/aromatic N) is 1. The number of halogens is 1. The highest BCUT2D eigenvalue weighted by atomic mass is 79.9. The fourth-order valence-electron chi connectivity index (χ4n) is 2.45. The lowest BCUT2D eigenvalue weighted by Gasteiger charge is -2.25. The van der Waals surface area contributed by atoms with Crippen LogP contribution in [0.5, 0.6) is 0 Å². The highest BCUT2D eigenvalue weighted by molar-refractivity contribution is 9.10. The molecule has 1 atom stereocenters. The third-order valence-electron chi connectivity index (χ3n) is 3.38. The summed E-state index contributed by atoms with van der Waals surface area (Å²) in [6, 6.07) is 9.00. The Kier molecular flexibility index (Phi) is 5.63. The molecule has 18 heavy (non-hydrogen) atoms. The van der Waals surface area contributed by atoms with Crippen LogP contribution in [0.15, 0.2) is 28.7 Å². The molecular formula is C14H21BrN2O. The predicted octanol–water partition coefficient (Wildman–Crippen LogP) is 2.00. The Morgan fingerprint density at radius 3 is 2.72 bits per heavy atom. The van der Waals surface area contributed by atoms with Gasteiger partial charge in [0.2, 0.25) is 0 Å². The summed E-state index contributed by atoms with van der Waals surface area (Å²) in [6.07, 6.45) is 2.53. The van der Waals surface area contributed by atoms with Crippen molar-refractivity contribution in [3.05, 3.63) is 34.3 Å². The Morgan fingerprint density at radius 1 is 1.33 bits per heavy atom. The van der Waals surface area contributed by atoms with Gasteiger partial charge >= 0.3 is 0 Å². The minimum absolute atomic E-state index is 0.225. The predicted molar refractivity (Wildman–Crippen MR) is 77.5 cm³/mol. The number of hydrogen-bond donors (Lipinski definition) is 2. The summed E-state index contributed by atoms with van der Waals surface area (Å²) in [5.41, 5.74) is 1.30. The van der Waals surface area contributed by atoms with Crippen molar-refractivity contribution in [2.24, 2.45) is 0 Å². The zero-order chi connectivity index (χ0) is 12.8. The van der Waals surface area contributed by atoms with E-state index in [-0.39, 0.29) is 6.61 Å². The molecule has 0 aromatic heterocycles. The van der Waals surface area contributed by atoms with Gasteiger partial charge in [0.05, 0.1) is 6.61 Å². The van der Waals surface area contributed by atoms with E-state index >= 15 is 0 Å². The van der Waals surface area contributed by atoms with Crippen molar-refractivity contribution in [2.75, 3.05) is 26.2 Å². The van der Waals surface area contributed by atoms with Crippen LogP contribution >= 0.6 is 15.9 Å². The molecule has 0 aliphatic carbocycles. The molecule has 100 valence electrons. The van der Waals surface area contributed by atoms with E-state index in [1.54, 1.807) is 0 Å². The van der Waals surface area contributed by atoms with Crippen molar-refractivity contribution >= 4 is 15.9 Å². The molecule has 3 nitrogen and oxygen atoms in total. The van der Waals surface area contributed by atoms with E-state index < -0.39 is 0 Å². The second-order valence-corrected chi connectivity index (χ2v) is 5.79. The summed E-state index contributed by atoms with van der Waals surface area (Å²) in [6.45, 7) is 4.04. The lowest BCUT2D eigenvalue weighted by atomic mass is 10.1. The SMILES string of the molecule is OCCN(Cc1ccc(Br)cc1)CC1CCCN1. The zero-order valence-corrected chi connectivity index (χ0v) is 12.2.